The highest BCUT2D eigenvalue weighted by atomic mass is 79.9. The summed E-state index contributed by atoms with van der Waals surface area (Å²) >= 11 is 5.18. The molecule has 0 radical (unpaired) electrons. The second kappa shape index (κ2) is 9.44. The molecule has 1 aromatic carbocycles. The second-order valence-corrected chi connectivity index (χ2v) is 10.0. The number of fused-ring (bicyclic) bond motifs is 1. The van der Waals surface area contributed by atoms with E-state index < -0.39 is 0 Å². The summed E-state index contributed by atoms with van der Waals surface area (Å²) in [6.45, 7) is 3.90. The summed E-state index contributed by atoms with van der Waals surface area (Å²) in [5, 5.41) is 0. The van der Waals surface area contributed by atoms with E-state index in [-0.39, 0.29) is 17.8 Å². The molecule has 0 N–H and O–H groups in total. The van der Waals surface area contributed by atoms with E-state index in [9.17, 15) is 9.59 Å². The van der Waals surface area contributed by atoms with Crippen LogP contribution < -0.4 is 4.74 Å². The van der Waals surface area contributed by atoms with Crippen LogP contribution >= 0.6 is 27.3 Å². The van der Waals surface area contributed by atoms with Gasteiger partial charge in [0.15, 0.2) is 0 Å². The summed E-state index contributed by atoms with van der Waals surface area (Å²) < 4.78 is 14.7. The van der Waals surface area contributed by atoms with Crippen LogP contribution in [0, 0.1) is 5.92 Å². The van der Waals surface area contributed by atoms with Crippen molar-refractivity contribution in [3.63, 3.8) is 0 Å². The van der Waals surface area contributed by atoms with Gasteiger partial charge in [-0.15, -0.1) is 11.3 Å². The largest absolute Gasteiger partial charge is 0.497 e. The number of nitrogens with zero attached hydrogens (tertiary/aromatic N) is 2. The normalized spacial score (nSPS) is 14.7. The van der Waals surface area contributed by atoms with Crippen LogP contribution in [0.1, 0.15) is 35.8 Å². The Morgan fingerprint density at radius 2 is 1.97 bits per heavy atom. The van der Waals surface area contributed by atoms with Gasteiger partial charge in [0, 0.05) is 19.6 Å². The van der Waals surface area contributed by atoms with E-state index in [1.807, 2.05) is 42.2 Å². The van der Waals surface area contributed by atoms with Crippen LogP contribution in [0.25, 0.3) is 10.2 Å². The minimum atomic E-state index is -0.152. The number of carbonyl (C=O) groups excluding carboxylic acids is 2. The molecule has 0 atom stereocenters. The SMILES string of the molecule is CCOC(=O)C1CCN(C(=O)c2cc3sc(Br)cc3n2Cc2cccc(OC)c2)CC1. The number of piperidine rings is 1. The Morgan fingerprint density at radius 1 is 1.19 bits per heavy atom. The number of benzene rings is 1. The standard InChI is InChI=1S/C23H25BrN2O4S/c1-3-30-23(28)16-7-9-25(10-8-16)22(27)19-12-20-18(13-21(24)31-20)26(19)14-15-5-4-6-17(11-15)29-2/h4-6,11-13,16H,3,7-10,14H2,1-2H3. The molecule has 4 rings (SSSR count). The van der Waals surface area contributed by atoms with Gasteiger partial charge in [0.1, 0.15) is 11.4 Å². The summed E-state index contributed by atoms with van der Waals surface area (Å²) in [7, 11) is 1.65. The fraction of sp³-hybridized carbons (Fsp3) is 0.391. The lowest BCUT2D eigenvalue weighted by molar-refractivity contribution is -0.149. The van der Waals surface area contributed by atoms with Crippen molar-refractivity contribution in [2.24, 2.45) is 5.92 Å². The highest BCUT2D eigenvalue weighted by Crippen LogP contribution is 2.34. The average Bonchev–Trinajstić information content (AvgIpc) is 3.30. The van der Waals surface area contributed by atoms with Gasteiger partial charge in [-0.25, -0.2) is 0 Å². The van der Waals surface area contributed by atoms with Gasteiger partial charge in [0.05, 0.1) is 33.6 Å². The number of hydrogen-bond acceptors (Lipinski definition) is 5. The Kier molecular flexibility index (Phi) is 6.67. The number of amides is 1. The molecule has 0 aliphatic carbocycles. The zero-order valence-electron chi connectivity index (χ0n) is 17.6. The van der Waals surface area contributed by atoms with Gasteiger partial charge < -0.3 is 18.9 Å². The number of esters is 1. The number of thiophene rings is 1. The predicted molar refractivity (Wildman–Crippen MR) is 125 cm³/mol. The topological polar surface area (TPSA) is 60.8 Å². The molecule has 1 aliphatic rings. The summed E-state index contributed by atoms with van der Waals surface area (Å²) in [4.78, 5) is 27.3. The molecule has 0 bridgehead atoms. The van der Waals surface area contributed by atoms with Crippen LogP contribution in [0.2, 0.25) is 0 Å². The summed E-state index contributed by atoms with van der Waals surface area (Å²) in [6.07, 6.45) is 1.28. The number of carbonyl (C=O) groups is 2. The smallest absolute Gasteiger partial charge is 0.309 e. The van der Waals surface area contributed by atoms with Gasteiger partial charge in [0.2, 0.25) is 0 Å². The number of methoxy groups -OCH3 is 1. The third kappa shape index (κ3) is 4.65. The van der Waals surface area contributed by atoms with Crippen molar-refractivity contribution < 1.29 is 19.1 Å². The fourth-order valence-electron chi connectivity index (χ4n) is 4.05. The Balaban J connectivity index is 1.58. The first-order chi connectivity index (χ1) is 15.0. The molecule has 6 nitrogen and oxygen atoms in total. The van der Waals surface area contributed by atoms with Crippen LogP contribution in [0.5, 0.6) is 5.75 Å². The predicted octanol–water partition coefficient (Wildman–Crippen LogP) is 4.94. The minimum Gasteiger partial charge on any atom is -0.497 e. The van der Waals surface area contributed by atoms with E-state index in [0.29, 0.717) is 44.8 Å². The number of rotatable bonds is 6. The van der Waals surface area contributed by atoms with Crippen molar-refractivity contribution in [1.29, 1.82) is 0 Å². The molecule has 3 aromatic rings. The van der Waals surface area contributed by atoms with Crippen molar-refractivity contribution in [2.45, 2.75) is 26.3 Å². The maximum absolute atomic E-state index is 13.4. The van der Waals surface area contributed by atoms with Gasteiger partial charge in [-0.3, -0.25) is 9.59 Å². The first-order valence-corrected chi connectivity index (χ1v) is 12.0. The maximum Gasteiger partial charge on any atom is 0.309 e. The number of likely N-dealkylation sites (tertiary alicyclic amines) is 1. The van der Waals surface area contributed by atoms with Crippen molar-refractivity contribution in [3.8, 4) is 5.75 Å². The summed E-state index contributed by atoms with van der Waals surface area (Å²) in [5.74, 6) is 0.527. The summed E-state index contributed by atoms with van der Waals surface area (Å²) in [6, 6.07) is 11.9. The summed E-state index contributed by atoms with van der Waals surface area (Å²) in [5.41, 5.74) is 2.77. The molecule has 31 heavy (non-hydrogen) atoms. The molecule has 2 aromatic heterocycles. The van der Waals surface area contributed by atoms with Gasteiger partial charge in [-0.1, -0.05) is 12.1 Å². The zero-order chi connectivity index (χ0) is 22.0. The molecular formula is C23H25BrN2O4S. The lowest BCUT2D eigenvalue weighted by Gasteiger charge is -2.31. The van der Waals surface area contributed by atoms with Gasteiger partial charge in [0.25, 0.3) is 5.91 Å². The zero-order valence-corrected chi connectivity index (χ0v) is 20.0. The molecular weight excluding hydrogens is 480 g/mol. The molecule has 8 heteroatoms. The van der Waals surface area contributed by atoms with Crippen molar-refractivity contribution in [2.75, 3.05) is 26.8 Å². The van der Waals surface area contributed by atoms with Gasteiger partial charge in [-0.2, -0.15) is 0 Å². The second-order valence-electron chi connectivity index (χ2n) is 7.59. The molecule has 0 saturated carbocycles. The van der Waals surface area contributed by atoms with Gasteiger partial charge >= 0.3 is 5.97 Å². The maximum atomic E-state index is 13.4. The molecule has 1 saturated heterocycles. The van der Waals surface area contributed by atoms with E-state index >= 15 is 0 Å². The molecule has 1 fully saturated rings. The molecule has 0 unspecified atom stereocenters. The quantitative estimate of drug-likeness (QED) is 0.446. The first-order valence-electron chi connectivity index (χ1n) is 10.4. The molecule has 1 amide bonds. The lowest BCUT2D eigenvalue weighted by Crippen LogP contribution is -2.41. The van der Waals surface area contributed by atoms with Crippen LogP contribution in [-0.2, 0) is 16.1 Å². The lowest BCUT2D eigenvalue weighted by atomic mass is 9.97. The van der Waals surface area contributed by atoms with Crippen LogP contribution in [0.4, 0.5) is 0 Å². The highest BCUT2D eigenvalue weighted by molar-refractivity contribution is 9.11. The fourth-order valence-corrected chi connectivity index (χ4v) is 5.62. The van der Waals surface area contributed by atoms with E-state index in [4.69, 9.17) is 9.47 Å². The molecule has 0 spiro atoms. The third-order valence-corrected chi connectivity index (χ3v) is 7.23. The van der Waals surface area contributed by atoms with Crippen molar-refractivity contribution >= 4 is 49.4 Å². The molecule has 3 heterocycles. The number of halogens is 1. The Morgan fingerprint density at radius 3 is 2.68 bits per heavy atom. The third-order valence-electron chi connectivity index (χ3n) is 5.66. The number of aromatic nitrogens is 1. The van der Waals surface area contributed by atoms with Crippen LogP contribution in [-0.4, -0.2) is 48.1 Å². The number of ether oxygens (including phenoxy) is 2. The first kappa shape index (κ1) is 21.9. The van der Waals surface area contributed by atoms with E-state index in [0.717, 1.165) is 25.3 Å². The van der Waals surface area contributed by atoms with Crippen molar-refractivity contribution in [3.05, 3.63) is 51.4 Å². The Hall–Kier alpha value is -2.32. The molecule has 164 valence electrons. The van der Waals surface area contributed by atoms with Crippen LogP contribution in [0.15, 0.2) is 40.2 Å². The number of hydrogen-bond donors (Lipinski definition) is 0. The minimum absolute atomic E-state index is 0.00438. The van der Waals surface area contributed by atoms with E-state index in [2.05, 4.69) is 26.6 Å². The Bertz CT molecular complexity index is 1100. The Labute approximate surface area is 193 Å². The average molecular weight is 505 g/mol. The van der Waals surface area contributed by atoms with Crippen molar-refractivity contribution in [1.82, 2.24) is 9.47 Å². The van der Waals surface area contributed by atoms with Crippen LogP contribution in [0.3, 0.4) is 0 Å². The van der Waals surface area contributed by atoms with E-state index in [1.54, 1.807) is 18.4 Å². The van der Waals surface area contributed by atoms with E-state index in [1.165, 1.54) is 0 Å². The van der Waals surface area contributed by atoms with Gasteiger partial charge in [-0.05, 0) is 65.5 Å². The monoisotopic (exact) mass is 504 g/mol. The molecule has 1 aliphatic heterocycles. The highest BCUT2D eigenvalue weighted by Gasteiger charge is 2.30.